The molecule has 0 saturated heterocycles. The van der Waals surface area contributed by atoms with Crippen LogP contribution in [0, 0.1) is 0 Å². The molecule has 120 valence electrons. The highest BCUT2D eigenvalue weighted by molar-refractivity contribution is 5.92. The summed E-state index contributed by atoms with van der Waals surface area (Å²) >= 11 is 0. The van der Waals surface area contributed by atoms with E-state index in [1.54, 1.807) is 6.20 Å². The lowest BCUT2D eigenvalue weighted by Crippen LogP contribution is -2.26. The normalized spacial score (nSPS) is 13.3. The minimum absolute atomic E-state index is 0.419. The van der Waals surface area contributed by atoms with E-state index in [0.29, 0.717) is 6.42 Å². The maximum absolute atomic E-state index is 12.4. The number of fused-ring (bicyclic) bond motifs is 1. The fourth-order valence-corrected chi connectivity index (χ4v) is 2.49. The molecule has 2 aromatic rings. The number of carbonyl (C=O) groups excluding carboxylic acids is 1. The van der Waals surface area contributed by atoms with Gasteiger partial charge in [-0.15, -0.1) is 0 Å². The zero-order chi connectivity index (χ0) is 16.3. The number of aliphatic hydroxyl groups excluding tert-OH is 1. The Morgan fingerprint density at radius 1 is 1.32 bits per heavy atom. The van der Waals surface area contributed by atoms with Crippen molar-refractivity contribution in [1.82, 2.24) is 4.57 Å². The van der Waals surface area contributed by atoms with E-state index in [-0.39, 0.29) is 0 Å². The largest absolute Gasteiger partial charge is 0.443 e. The number of aromatic nitrogens is 1. The van der Waals surface area contributed by atoms with Crippen LogP contribution < -0.4 is 0 Å². The number of benzene rings is 1. The van der Waals surface area contributed by atoms with Gasteiger partial charge in [-0.05, 0) is 33.3 Å². The van der Waals surface area contributed by atoms with Crippen LogP contribution in [0.15, 0.2) is 30.5 Å². The van der Waals surface area contributed by atoms with Crippen LogP contribution in [0.2, 0.25) is 0 Å². The predicted octanol–water partition coefficient (Wildman–Crippen LogP) is 4.65. The Hall–Kier alpha value is -1.81. The number of nitrogens with zero attached hydrogens (tertiary/aromatic N) is 1. The van der Waals surface area contributed by atoms with Gasteiger partial charge in [-0.2, -0.15) is 0 Å². The van der Waals surface area contributed by atoms with Gasteiger partial charge in [0.25, 0.3) is 0 Å². The molecule has 1 aromatic carbocycles. The van der Waals surface area contributed by atoms with E-state index in [9.17, 15) is 9.90 Å². The van der Waals surface area contributed by atoms with Crippen LogP contribution in [0.1, 0.15) is 58.6 Å². The second-order valence-electron chi connectivity index (χ2n) is 6.61. The van der Waals surface area contributed by atoms with Gasteiger partial charge >= 0.3 is 6.09 Å². The van der Waals surface area contributed by atoms with Crippen LogP contribution in [0.3, 0.4) is 0 Å². The molecule has 1 N–H and O–H groups in total. The van der Waals surface area contributed by atoms with Crippen molar-refractivity contribution in [2.75, 3.05) is 0 Å². The van der Waals surface area contributed by atoms with Crippen molar-refractivity contribution >= 4 is 17.0 Å². The van der Waals surface area contributed by atoms with E-state index in [0.717, 1.165) is 29.3 Å². The number of unbranched alkanes of at least 4 members (excludes halogenated alkanes) is 1. The molecule has 1 heterocycles. The highest BCUT2D eigenvalue weighted by Gasteiger charge is 2.22. The second-order valence-corrected chi connectivity index (χ2v) is 6.61. The van der Waals surface area contributed by atoms with E-state index >= 15 is 0 Å². The Kier molecular flexibility index (Phi) is 4.91. The van der Waals surface area contributed by atoms with Crippen LogP contribution in [-0.2, 0) is 4.74 Å². The molecule has 0 amide bonds. The van der Waals surface area contributed by atoms with Gasteiger partial charge in [0.2, 0.25) is 0 Å². The molecule has 1 atom stereocenters. The highest BCUT2D eigenvalue weighted by atomic mass is 16.6. The van der Waals surface area contributed by atoms with Crippen molar-refractivity contribution in [3.8, 4) is 0 Å². The minimum Gasteiger partial charge on any atom is -0.443 e. The second kappa shape index (κ2) is 6.53. The molecule has 0 aliphatic carbocycles. The summed E-state index contributed by atoms with van der Waals surface area (Å²) in [5, 5.41) is 11.3. The molecule has 4 heteroatoms. The summed E-state index contributed by atoms with van der Waals surface area (Å²) in [4.78, 5) is 12.4. The smallest absolute Gasteiger partial charge is 0.419 e. The molecule has 0 radical (unpaired) electrons. The first kappa shape index (κ1) is 16.6. The van der Waals surface area contributed by atoms with Crippen molar-refractivity contribution in [1.29, 1.82) is 0 Å². The SMILES string of the molecule is CCCCC(O)c1cn(C(=O)OC(C)(C)C)c2ccccc12. The Labute approximate surface area is 131 Å². The lowest BCUT2D eigenvalue weighted by molar-refractivity contribution is 0.0543. The fraction of sp³-hybridized carbons (Fsp3) is 0.500. The van der Waals surface area contributed by atoms with E-state index < -0.39 is 17.8 Å². The van der Waals surface area contributed by atoms with Gasteiger partial charge in [0.1, 0.15) is 5.60 Å². The number of ether oxygens (including phenoxy) is 1. The summed E-state index contributed by atoms with van der Waals surface area (Å²) in [6.07, 6.45) is 3.40. The average Bonchev–Trinajstić information content (AvgIpc) is 2.82. The van der Waals surface area contributed by atoms with Gasteiger partial charge in [0.05, 0.1) is 11.6 Å². The molecule has 0 aliphatic rings. The predicted molar refractivity (Wildman–Crippen MR) is 88.1 cm³/mol. The maximum atomic E-state index is 12.4. The minimum atomic E-state index is -0.562. The summed E-state index contributed by atoms with van der Waals surface area (Å²) < 4.78 is 6.94. The van der Waals surface area contributed by atoms with Crippen LogP contribution >= 0.6 is 0 Å². The third kappa shape index (κ3) is 3.69. The van der Waals surface area contributed by atoms with E-state index in [2.05, 4.69) is 6.92 Å². The molecule has 1 unspecified atom stereocenters. The molecule has 0 saturated carbocycles. The molecule has 22 heavy (non-hydrogen) atoms. The topological polar surface area (TPSA) is 51.5 Å². The van der Waals surface area contributed by atoms with Gasteiger partial charge < -0.3 is 9.84 Å². The maximum Gasteiger partial charge on any atom is 0.419 e. The van der Waals surface area contributed by atoms with E-state index in [4.69, 9.17) is 4.74 Å². The van der Waals surface area contributed by atoms with Gasteiger partial charge in [-0.1, -0.05) is 38.0 Å². The fourth-order valence-electron chi connectivity index (χ4n) is 2.49. The average molecular weight is 303 g/mol. The molecule has 2 rings (SSSR count). The zero-order valence-electron chi connectivity index (χ0n) is 13.8. The summed E-state index contributed by atoms with van der Waals surface area (Å²) in [6.45, 7) is 7.62. The van der Waals surface area contributed by atoms with Gasteiger partial charge in [0.15, 0.2) is 0 Å². The standard InChI is InChI=1S/C18H25NO3/c1-5-6-11-16(20)14-12-19(17(21)22-18(2,3)4)15-10-8-7-9-13(14)15/h7-10,12,16,20H,5-6,11H2,1-4H3. The zero-order valence-corrected chi connectivity index (χ0v) is 13.8. The lowest BCUT2D eigenvalue weighted by Gasteiger charge is -2.19. The van der Waals surface area contributed by atoms with Gasteiger partial charge in [0, 0.05) is 17.1 Å². The summed E-state index contributed by atoms with van der Waals surface area (Å²) in [7, 11) is 0. The van der Waals surface area contributed by atoms with Crippen LogP contribution in [-0.4, -0.2) is 21.4 Å². The third-order valence-corrected chi connectivity index (χ3v) is 3.52. The number of carbonyl (C=O) groups is 1. The van der Waals surface area contributed by atoms with Crippen molar-refractivity contribution in [2.24, 2.45) is 0 Å². The molecule has 0 fully saturated rings. The monoisotopic (exact) mass is 303 g/mol. The van der Waals surface area contributed by atoms with Crippen molar-refractivity contribution < 1.29 is 14.6 Å². The quantitative estimate of drug-likeness (QED) is 0.894. The first-order valence-corrected chi connectivity index (χ1v) is 7.85. The summed E-state index contributed by atoms with van der Waals surface area (Å²) in [5.74, 6) is 0. The Morgan fingerprint density at radius 2 is 2.00 bits per heavy atom. The number of aliphatic hydroxyl groups is 1. The van der Waals surface area contributed by atoms with E-state index in [1.165, 1.54) is 4.57 Å². The van der Waals surface area contributed by atoms with Crippen LogP contribution in [0.4, 0.5) is 4.79 Å². The molecule has 4 nitrogen and oxygen atoms in total. The van der Waals surface area contributed by atoms with Gasteiger partial charge in [-0.3, -0.25) is 4.57 Å². The molecular weight excluding hydrogens is 278 g/mol. The first-order chi connectivity index (χ1) is 10.3. The van der Waals surface area contributed by atoms with Crippen LogP contribution in [0.5, 0.6) is 0 Å². The Morgan fingerprint density at radius 3 is 2.64 bits per heavy atom. The van der Waals surface area contributed by atoms with Crippen LogP contribution in [0.25, 0.3) is 10.9 Å². The number of rotatable bonds is 4. The molecule has 0 aliphatic heterocycles. The van der Waals surface area contributed by atoms with E-state index in [1.807, 2.05) is 45.0 Å². The first-order valence-electron chi connectivity index (χ1n) is 7.85. The molecule has 0 bridgehead atoms. The van der Waals surface area contributed by atoms with Crippen molar-refractivity contribution in [3.05, 3.63) is 36.0 Å². The molecular formula is C18H25NO3. The Bertz CT molecular complexity index is 652. The van der Waals surface area contributed by atoms with Crippen molar-refractivity contribution in [2.45, 2.75) is 58.7 Å². The number of para-hydroxylation sites is 1. The molecule has 0 spiro atoms. The number of hydrogen-bond donors (Lipinski definition) is 1. The summed E-state index contributed by atoms with van der Waals surface area (Å²) in [6, 6.07) is 7.60. The third-order valence-electron chi connectivity index (χ3n) is 3.52. The number of hydrogen-bond acceptors (Lipinski definition) is 3. The lowest BCUT2D eigenvalue weighted by atomic mass is 10.0. The Balaban J connectivity index is 2.41. The molecule has 1 aromatic heterocycles. The van der Waals surface area contributed by atoms with Crippen molar-refractivity contribution in [3.63, 3.8) is 0 Å². The summed E-state index contributed by atoms with van der Waals surface area (Å²) in [5.41, 5.74) is 1.00. The van der Waals surface area contributed by atoms with Gasteiger partial charge in [-0.25, -0.2) is 4.79 Å². The highest BCUT2D eigenvalue weighted by Crippen LogP contribution is 2.29.